The second kappa shape index (κ2) is 9.64. The highest BCUT2D eigenvalue weighted by Crippen LogP contribution is 2.36. The number of anilines is 1. The van der Waals surface area contributed by atoms with E-state index in [-0.39, 0.29) is 42.9 Å². The average Bonchev–Trinajstić information content (AvgIpc) is 3.14. The summed E-state index contributed by atoms with van der Waals surface area (Å²) < 4.78 is 49.2. The molecule has 2 heterocycles. The van der Waals surface area contributed by atoms with Gasteiger partial charge in [0.25, 0.3) is 5.91 Å². The zero-order chi connectivity index (χ0) is 25.3. The summed E-state index contributed by atoms with van der Waals surface area (Å²) in [5.74, 6) is -0.863. The first kappa shape index (κ1) is 24.6. The van der Waals surface area contributed by atoms with Crippen molar-refractivity contribution in [3.05, 3.63) is 64.8 Å². The van der Waals surface area contributed by atoms with Crippen molar-refractivity contribution in [1.29, 1.82) is 0 Å². The Morgan fingerprint density at radius 3 is 2.51 bits per heavy atom. The smallest absolute Gasteiger partial charge is 0.425 e. The van der Waals surface area contributed by atoms with Crippen LogP contribution >= 0.6 is 11.6 Å². The van der Waals surface area contributed by atoms with Gasteiger partial charge in [0.1, 0.15) is 11.5 Å². The number of fused-ring (bicyclic) bond motifs is 1. The number of aliphatic hydroxyl groups is 1. The summed E-state index contributed by atoms with van der Waals surface area (Å²) in [5, 5.41) is 11.1. The zero-order valence-electron chi connectivity index (χ0n) is 18.4. The molecular weight excluding hydrogens is 491 g/mol. The third-order valence-corrected chi connectivity index (χ3v) is 5.46. The Labute approximate surface area is 203 Å². The minimum Gasteiger partial charge on any atom is -0.425 e. The molecule has 1 amide bonds. The van der Waals surface area contributed by atoms with Gasteiger partial charge < -0.3 is 25.2 Å². The number of ether oxygens (including phenoxy) is 2. The van der Waals surface area contributed by atoms with Gasteiger partial charge in [-0.15, -0.1) is 13.2 Å². The molecule has 0 saturated carbocycles. The summed E-state index contributed by atoms with van der Waals surface area (Å²) in [5.41, 5.74) is 6.49. The third-order valence-electron chi connectivity index (χ3n) is 5.21. The lowest BCUT2D eigenvalue weighted by Crippen LogP contribution is -2.55. The van der Waals surface area contributed by atoms with Gasteiger partial charge in [0.2, 0.25) is 6.35 Å². The molecule has 1 aliphatic rings. The van der Waals surface area contributed by atoms with Crippen molar-refractivity contribution >= 4 is 23.3 Å². The fourth-order valence-corrected chi connectivity index (χ4v) is 3.76. The van der Waals surface area contributed by atoms with Crippen LogP contribution < -0.4 is 20.1 Å². The quantitative estimate of drug-likeness (QED) is 0.501. The highest BCUT2D eigenvalue weighted by Gasteiger charge is 2.40. The van der Waals surface area contributed by atoms with Crippen molar-refractivity contribution in [2.75, 3.05) is 25.0 Å². The Kier molecular flexibility index (Phi) is 6.79. The molecule has 0 fully saturated rings. The molecular formula is C22H21ClF3N5O4. The number of carbonyl (C=O) groups excluding carboxylic acids is 1. The Morgan fingerprint density at radius 2 is 1.86 bits per heavy atom. The number of nitrogens with zero attached hydrogens (tertiary/aromatic N) is 4. The average molecular weight is 512 g/mol. The van der Waals surface area contributed by atoms with Gasteiger partial charge in [-0.3, -0.25) is 14.3 Å². The lowest BCUT2D eigenvalue weighted by atomic mass is 10.2. The number of amides is 1. The van der Waals surface area contributed by atoms with Crippen molar-refractivity contribution in [2.24, 2.45) is 5.73 Å². The molecule has 3 aromatic rings. The van der Waals surface area contributed by atoms with Gasteiger partial charge in [-0.2, -0.15) is 4.98 Å². The monoisotopic (exact) mass is 511 g/mol. The minimum absolute atomic E-state index is 0.000850. The van der Waals surface area contributed by atoms with Gasteiger partial charge in [-0.05, 0) is 29.8 Å². The molecule has 0 bridgehead atoms. The van der Waals surface area contributed by atoms with E-state index < -0.39 is 24.4 Å². The molecule has 0 aliphatic carbocycles. The third kappa shape index (κ3) is 5.29. The van der Waals surface area contributed by atoms with Crippen molar-refractivity contribution < 1.29 is 32.5 Å². The highest BCUT2D eigenvalue weighted by atomic mass is 35.5. The molecule has 0 spiro atoms. The summed E-state index contributed by atoms with van der Waals surface area (Å²) in [6.07, 6.45) is -6.18. The number of benzene rings is 2. The Balaban J connectivity index is 1.77. The fourth-order valence-electron chi connectivity index (χ4n) is 3.63. The van der Waals surface area contributed by atoms with E-state index in [1.165, 1.54) is 26.5 Å². The molecule has 13 heteroatoms. The minimum atomic E-state index is -4.87. The van der Waals surface area contributed by atoms with Crippen LogP contribution in [-0.2, 0) is 6.54 Å². The molecule has 0 saturated heterocycles. The van der Waals surface area contributed by atoms with E-state index in [1.807, 2.05) is 0 Å². The van der Waals surface area contributed by atoms with Crippen LogP contribution in [0.25, 0.3) is 0 Å². The molecule has 4 rings (SSSR count). The lowest BCUT2D eigenvalue weighted by molar-refractivity contribution is -0.274. The molecule has 0 radical (unpaired) electrons. The molecule has 1 unspecified atom stereocenters. The predicted octanol–water partition coefficient (Wildman–Crippen LogP) is 3.40. The van der Waals surface area contributed by atoms with Gasteiger partial charge in [-0.1, -0.05) is 29.8 Å². The number of hydrogen-bond acceptors (Lipinski definition) is 7. The van der Waals surface area contributed by atoms with Crippen LogP contribution in [0.4, 0.5) is 19.0 Å². The van der Waals surface area contributed by atoms with E-state index in [0.717, 1.165) is 17.7 Å². The van der Waals surface area contributed by atoms with E-state index in [9.17, 15) is 23.1 Å². The van der Waals surface area contributed by atoms with E-state index in [2.05, 4.69) is 9.72 Å². The first-order chi connectivity index (χ1) is 16.6. The van der Waals surface area contributed by atoms with Crippen molar-refractivity contribution in [2.45, 2.75) is 19.3 Å². The zero-order valence-corrected chi connectivity index (χ0v) is 19.1. The van der Waals surface area contributed by atoms with Gasteiger partial charge in [0.05, 0.1) is 6.54 Å². The molecule has 2 aromatic carbocycles. The predicted molar refractivity (Wildman–Crippen MR) is 120 cm³/mol. The molecule has 3 N–H and O–H groups in total. The summed E-state index contributed by atoms with van der Waals surface area (Å²) in [4.78, 5) is 20.2. The first-order valence-corrected chi connectivity index (χ1v) is 10.8. The standard InChI is InChI=1S/C22H21ClF3N5O4/c1-29-18-17(19(32)30(10-9-27)21(29)33)31(12-13-5-7-14(23)8-6-13)20(28-18)34-15-3-2-4-16(11-15)35-22(24,25)26/h2-8,11,21,33H,9-10,12,27H2,1H3. The maximum Gasteiger partial charge on any atom is 0.573 e. The number of alkyl halides is 3. The number of carbonyl (C=O) groups is 1. The molecule has 1 aliphatic heterocycles. The van der Waals surface area contributed by atoms with Crippen molar-refractivity contribution in [3.8, 4) is 17.5 Å². The number of hydrogen-bond donors (Lipinski definition) is 2. The maximum absolute atomic E-state index is 13.3. The highest BCUT2D eigenvalue weighted by molar-refractivity contribution is 6.30. The summed E-state index contributed by atoms with van der Waals surface area (Å²) in [6, 6.07) is 11.7. The second-order valence-corrected chi connectivity index (χ2v) is 8.08. The van der Waals surface area contributed by atoms with E-state index in [0.29, 0.717) is 5.02 Å². The summed E-state index contributed by atoms with van der Waals surface area (Å²) >= 11 is 5.98. The maximum atomic E-state index is 13.3. The van der Waals surface area contributed by atoms with Crippen LogP contribution in [0.5, 0.6) is 17.5 Å². The topological polar surface area (TPSA) is 106 Å². The number of halogens is 4. The fraction of sp³-hybridized carbons (Fsp3) is 0.273. The van der Waals surface area contributed by atoms with Gasteiger partial charge in [-0.25, -0.2) is 0 Å². The van der Waals surface area contributed by atoms with Crippen LogP contribution in [-0.4, -0.2) is 58.3 Å². The Bertz CT molecular complexity index is 1220. The Hall–Kier alpha value is -3.48. The summed E-state index contributed by atoms with van der Waals surface area (Å²) in [7, 11) is 1.54. The van der Waals surface area contributed by atoms with Crippen LogP contribution in [0.3, 0.4) is 0 Å². The number of imidazole rings is 1. The molecule has 186 valence electrons. The molecule has 1 atom stereocenters. The second-order valence-electron chi connectivity index (χ2n) is 7.65. The van der Waals surface area contributed by atoms with E-state index in [4.69, 9.17) is 22.1 Å². The molecule has 9 nitrogen and oxygen atoms in total. The molecule has 35 heavy (non-hydrogen) atoms. The number of nitrogens with two attached hydrogens (primary N) is 1. The van der Waals surface area contributed by atoms with Gasteiger partial charge >= 0.3 is 12.4 Å². The lowest BCUT2D eigenvalue weighted by Gasteiger charge is -2.38. The molecule has 1 aromatic heterocycles. The van der Waals surface area contributed by atoms with E-state index in [1.54, 1.807) is 31.3 Å². The number of aliphatic hydroxyl groups excluding tert-OH is 1. The summed E-state index contributed by atoms with van der Waals surface area (Å²) in [6.45, 7) is 0.329. The van der Waals surface area contributed by atoms with Gasteiger partial charge in [0, 0.05) is 31.2 Å². The van der Waals surface area contributed by atoms with Crippen LogP contribution in [0, 0.1) is 0 Å². The van der Waals surface area contributed by atoms with Crippen molar-refractivity contribution in [3.63, 3.8) is 0 Å². The van der Waals surface area contributed by atoms with Crippen LogP contribution in [0.15, 0.2) is 48.5 Å². The van der Waals surface area contributed by atoms with Gasteiger partial charge in [0.15, 0.2) is 11.5 Å². The van der Waals surface area contributed by atoms with Crippen LogP contribution in [0.2, 0.25) is 5.02 Å². The SMILES string of the molecule is CN1c2nc(Oc3cccc(OC(F)(F)F)c3)n(Cc3ccc(Cl)cc3)c2C(=O)N(CCN)C1O. The number of rotatable bonds is 7. The van der Waals surface area contributed by atoms with Crippen LogP contribution in [0.1, 0.15) is 16.1 Å². The van der Waals surface area contributed by atoms with Crippen molar-refractivity contribution in [1.82, 2.24) is 14.5 Å². The Morgan fingerprint density at radius 1 is 1.17 bits per heavy atom. The number of aromatic nitrogens is 2. The van der Waals surface area contributed by atoms with E-state index >= 15 is 0 Å². The largest absolute Gasteiger partial charge is 0.573 e. The normalized spacial score (nSPS) is 15.9. The first-order valence-electron chi connectivity index (χ1n) is 10.4.